The van der Waals surface area contributed by atoms with Crippen molar-refractivity contribution in [1.29, 1.82) is 0 Å². The van der Waals surface area contributed by atoms with Gasteiger partial charge in [-0.3, -0.25) is 33.5 Å². The standard InChI is InChI=1S/C42H50FN9O5/c1-42(2,57)30-21-32-26(20-33(30)45-39(54)31-13-10-27(43)22-44-31)24-51(47-32)29-11-8-25(9-12-29)23-48(3)28-16-18-50(19-17-28)34-6-5-7-35-38(34)49(4)41(56)52(35)36-14-15-37(53)46-40(36)55/h5-7,10,13,20-22,24-25,28-29,36,57H,8-9,11-12,14-19,23H2,1-4H3,(H,45,54)(H,46,53,55). The van der Waals surface area contributed by atoms with Gasteiger partial charge in [0.15, 0.2) is 0 Å². The van der Waals surface area contributed by atoms with E-state index in [0.29, 0.717) is 35.1 Å². The molecule has 0 spiro atoms. The SMILES string of the molecule is CN(CC1CCC(n2cc3cc(NC(=O)c4ccc(F)cn4)c(C(C)(C)O)cc3n2)CC1)C1CCN(c2cccc3c2n(C)c(=O)n3C2CCC(=O)NC2=O)CC1. The number of aliphatic hydroxyl groups is 1. The summed E-state index contributed by atoms with van der Waals surface area (Å²) in [6.07, 6.45) is 9.71. The Bertz CT molecular complexity index is 2400. The third kappa shape index (κ3) is 7.57. The number of imide groups is 1. The summed E-state index contributed by atoms with van der Waals surface area (Å²) >= 11 is 0. The summed E-state index contributed by atoms with van der Waals surface area (Å²) in [5.41, 5.74) is 2.80. The van der Waals surface area contributed by atoms with Gasteiger partial charge in [0, 0.05) is 62.0 Å². The van der Waals surface area contributed by atoms with Crippen molar-refractivity contribution >= 4 is 51.0 Å². The number of amides is 3. The van der Waals surface area contributed by atoms with E-state index in [9.17, 15) is 28.7 Å². The Balaban J connectivity index is 0.882. The summed E-state index contributed by atoms with van der Waals surface area (Å²) in [5, 5.41) is 22.0. The number of para-hydroxylation sites is 1. The second-order valence-electron chi connectivity index (χ2n) is 16.6. The molecular weight excluding hydrogens is 730 g/mol. The van der Waals surface area contributed by atoms with Crippen molar-refractivity contribution in [3.05, 3.63) is 82.4 Å². The van der Waals surface area contributed by atoms with Gasteiger partial charge < -0.3 is 20.2 Å². The summed E-state index contributed by atoms with van der Waals surface area (Å²) < 4.78 is 18.6. The molecule has 2 saturated heterocycles. The maximum atomic E-state index is 13.5. The third-order valence-electron chi connectivity index (χ3n) is 12.3. The lowest BCUT2D eigenvalue weighted by Crippen LogP contribution is -2.45. The quantitative estimate of drug-likeness (QED) is 0.175. The molecule has 5 heterocycles. The van der Waals surface area contributed by atoms with Crippen molar-refractivity contribution in [2.75, 3.05) is 36.9 Å². The van der Waals surface area contributed by atoms with Crippen LogP contribution in [0.25, 0.3) is 21.9 Å². The van der Waals surface area contributed by atoms with Gasteiger partial charge >= 0.3 is 5.69 Å². The van der Waals surface area contributed by atoms with Crippen molar-refractivity contribution in [2.45, 2.75) is 88.9 Å². The Morgan fingerprint density at radius 3 is 2.47 bits per heavy atom. The maximum Gasteiger partial charge on any atom is 0.329 e. The van der Waals surface area contributed by atoms with Crippen molar-refractivity contribution in [2.24, 2.45) is 13.0 Å². The number of fused-ring (bicyclic) bond motifs is 2. The highest BCUT2D eigenvalue weighted by molar-refractivity contribution is 6.04. The lowest BCUT2D eigenvalue weighted by molar-refractivity contribution is -0.135. The molecule has 1 unspecified atom stereocenters. The third-order valence-corrected chi connectivity index (χ3v) is 12.3. The Labute approximate surface area is 329 Å². The number of imidazole rings is 1. The van der Waals surface area contributed by atoms with E-state index in [1.54, 1.807) is 30.0 Å². The molecular formula is C42H50FN9O5. The zero-order chi connectivity index (χ0) is 40.2. The van der Waals surface area contributed by atoms with Crippen LogP contribution in [0.3, 0.4) is 0 Å². The molecule has 1 saturated carbocycles. The molecule has 300 valence electrons. The molecule has 3 N–H and O–H groups in total. The Hall–Kier alpha value is -5.41. The number of piperidine rings is 2. The summed E-state index contributed by atoms with van der Waals surface area (Å²) in [5.74, 6) is -1.18. The van der Waals surface area contributed by atoms with Crippen LogP contribution in [0.5, 0.6) is 0 Å². The number of hydrogen-bond donors (Lipinski definition) is 3. The predicted molar refractivity (Wildman–Crippen MR) is 215 cm³/mol. The number of nitrogens with one attached hydrogen (secondary N) is 2. The smallest absolute Gasteiger partial charge is 0.329 e. The minimum atomic E-state index is -1.25. The van der Waals surface area contributed by atoms with Gasteiger partial charge in [0.25, 0.3) is 5.91 Å². The fourth-order valence-corrected chi connectivity index (χ4v) is 9.18. The number of halogens is 1. The molecule has 0 radical (unpaired) electrons. The van der Waals surface area contributed by atoms with Crippen molar-refractivity contribution in [3.8, 4) is 0 Å². The van der Waals surface area contributed by atoms with Crippen LogP contribution in [0.15, 0.2) is 59.7 Å². The van der Waals surface area contributed by atoms with Crippen molar-refractivity contribution < 1.29 is 23.9 Å². The first kappa shape index (κ1) is 38.5. The van der Waals surface area contributed by atoms with Gasteiger partial charge in [-0.15, -0.1) is 0 Å². The lowest BCUT2D eigenvalue weighted by atomic mass is 9.85. The van der Waals surface area contributed by atoms with Gasteiger partial charge in [-0.1, -0.05) is 6.07 Å². The molecule has 5 aromatic rings. The van der Waals surface area contributed by atoms with E-state index in [1.165, 1.54) is 12.1 Å². The molecule has 1 atom stereocenters. The number of aryl methyl sites for hydroxylation is 1. The second-order valence-corrected chi connectivity index (χ2v) is 16.6. The predicted octanol–water partition coefficient (Wildman–Crippen LogP) is 5.01. The van der Waals surface area contributed by atoms with Crippen LogP contribution in [-0.2, 0) is 22.2 Å². The lowest BCUT2D eigenvalue weighted by Gasteiger charge is -2.40. The summed E-state index contributed by atoms with van der Waals surface area (Å²) in [6, 6.07) is 12.0. The fraction of sp³-hybridized carbons (Fsp3) is 0.476. The van der Waals surface area contributed by atoms with E-state index >= 15 is 0 Å². The number of hydrogen-bond acceptors (Lipinski definition) is 9. The van der Waals surface area contributed by atoms with E-state index in [0.717, 1.165) is 86.5 Å². The van der Waals surface area contributed by atoms with E-state index in [4.69, 9.17) is 5.10 Å². The minimum absolute atomic E-state index is 0.0742. The first-order chi connectivity index (χ1) is 27.2. The monoisotopic (exact) mass is 779 g/mol. The van der Waals surface area contributed by atoms with Gasteiger partial charge in [-0.2, -0.15) is 5.10 Å². The van der Waals surface area contributed by atoms with Crippen LogP contribution in [0.4, 0.5) is 15.8 Å². The first-order valence-corrected chi connectivity index (χ1v) is 19.9. The molecule has 1 aliphatic carbocycles. The number of carbonyl (C=O) groups excluding carboxylic acids is 3. The zero-order valence-electron chi connectivity index (χ0n) is 32.9. The maximum absolute atomic E-state index is 13.5. The van der Waals surface area contributed by atoms with Crippen molar-refractivity contribution in [1.82, 2.24) is 34.1 Å². The Morgan fingerprint density at radius 1 is 1.04 bits per heavy atom. The second kappa shape index (κ2) is 15.2. The Morgan fingerprint density at radius 2 is 1.79 bits per heavy atom. The summed E-state index contributed by atoms with van der Waals surface area (Å²) in [6.45, 7) is 6.06. The van der Waals surface area contributed by atoms with Gasteiger partial charge in [-0.25, -0.2) is 14.2 Å². The molecule has 0 bridgehead atoms. The minimum Gasteiger partial charge on any atom is -0.386 e. The van der Waals surface area contributed by atoms with Crippen LogP contribution in [0.2, 0.25) is 0 Å². The van der Waals surface area contributed by atoms with Crippen LogP contribution in [0.1, 0.15) is 93.3 Å². The van der Waals surface area contributed by atoms with Crippen molar-refractivity contribution in [3.63, 3.8) is 0 Å². The highest BCUT2D eigenvalue weighted by Gasteiger charge is 2.33. The van der Waals surface area contributed by atoms with E-state index < -0.39 is 29.3 Å². The Kier molecular flexibility index (Phi) is 10.2. The van der Waals surface area contributed by atoms with Crippen LogP contribution in [0, 0.1) is 11.7 Å². The number of pyridine rings is 1. The normalized spacial score (nSPS) is 21.1. The molecule has 14 nitrogen and oxygen atoms in total. The first-order valence-electron chi connectivity index (χ1n) is 19.9. The van der Waals surface area contributed by atoms with Gasteiger partial charge in [0.2, 0.25) is 11.8 Å². The molecule has 3 aliphatic rings. The van der Waals surface area contributed by atoms with Gasteiger partial charge in [0.1, 0.15) is 17.6 Å². The number of rotatable bonds is 9. The van der Waals surface area contributed by atoms with Gasteiger partial charge in [-0.05, 0) is 108 Å². The molecule has 3 fully saturated rings. The topological polar surface area (TPSA) is 160 Å². The number of nitrogens with zero attached hydrogens (tertiary/aromatic N) is 7. The summed E-state index contributed by atoms with van der Waals surface area (Å²) in [7, 11) is 3.99. The fourth-order valence-electron chi connectivity index (χ4n) is 9.18. The largest absolute Gasteiger partial charge is 0.386 e. The number of benzene rings is 2. The average Bonchev–Trinajstić information content (AvgIpc) is 3.72. The molecule has 2 aromatic carbocycles. The van der Waals surface area contributed by atoms with Crippen LogP contribution < -0.4 is 21.2 Å². The molecule has 57 heavy (non-hydrogen) atoms. The van der Waals surface area contributed by atoms with Crippen LogP contribution >= 0.6 is 0 Å². The average molecular weight is 780 g/mol. The highest BCUT2D eigenvalue weighted by Crippen LogP contribution is 2.37. The number of carbonyl (C=O) groups is 3. The van der Waals surface area contributed by atoms with Crippen LogP contribution in [-0.4, -0.2) is 84.4 Å². The van der Waals surface area contributed by atoms with E-state index in [-0.39, 0.29) is 29.8 Å². The molecule has 3 amide bonds. The molecule has 2 aliphatic heterocycles. The molecule has 15 heteroatoms. The summed E-state index contributed by atoms with van der Waals surface area (Å²) in [4.78, 5) is 59.7. The van der Waals surface area contributed by atoms with E-state index in [1.807, 2.05) is 35.1 Å². The number of aromatic nitrogens is 5. The van der Waals surface area contributed by atoms with Gasteiger partial charge in [0.05, 0.1) is 40.1 Å². The zero-order valence-corrected chi connectivity index (χ0v) is 32.9. The van der Waals surface area contributed by atoms with E-state index in [2.05, 4.69) is 38.5 Å². The number of anilines is 2. The molecule has 3 aromatic heterocycles. The highest BCUT2D eigenvalue weighted by atomic mass is 19.1. The molecule has 8 rings (SSSR count).